The maximum atomic E-state index is 12.1. The Kier molecular flexibility index (Phi) is 4.90. The lowest BCUT2D eigenvalue weighted by atomic mass is 10.1. The van der Waals surface area contributed by atoms with Crippen molar-refractivity contribution in [2.75, 3.05) is 18.5 Å². The third kappa shape index (κ3) is 4.09. The first-order chi connectivity index (χ1) is 11.2. The Morgan fingerprint density at radius 1 is 1.13 bits per heavy atom. The van der Waals surface area contributed by atoms with Gasteiger partial charge in [-0.3, -0.25) is 4.79 Å². The SMILES string of the molecule is O=C(Cc1ccccc1)Nc1cc(C2OCCCO2)ccc1O. The van der Waals surface area contributed by atoms with E-state index in [1.54, 1.807) is 12.1 Å². The largest absolute Gasteiger partial charge is 0.506 e. The molecule has 0 saturated carbocycles. The zero-order valence-corrected chi connectivity index (χ0v) is 12.7. The van der Waals surface area contributed by atoms with E-state index in [4.69, 9.17) is 9.47 Å². The van der Waals surface area contributed by atoms with E-state index >= 15 is 0 Å². The van der Waals surface area contributed by atoms with Crippen molar-refractivity contribution in [2.24, 2.45) is 0 Å². The maximum Gasteiger partial charge on any atom is 0.228 e. The average molecular weight is 313 g/mol. The van der Waals surface area contributed by atoms with Gasteiger partial charge < -0.3 is 19.9 Å². The van der Waals surface area contributed by atoms with Gasteiger partial charge in [0.25, 0.3) is 0 Å². The number of anilines is 1. The fourth-order valence-electron chi connectivity index (χ4n) is 2.46. The van der Waals surface area contributed by atoms with Crippen LogP contribution < -0.4 is 5.32 Å². The Balaban J connectivity index is 1.70. The Labute approximate surface area is 134 Å². The van der Waals surface area contributed by atoms with Crippen LogP contribution in [0, 0.1) is 0 Å². The van der Waals surface area contributed by atoms with Crippen LogP contribution in [0.25, 0.3) is 0 Å². The number of benzene rings is 2. The van der Waals surface area contributed by atoms with E-state index in [0.29, 0.717) is 18.9 Å². The molecule has 1 aliphatic heterocycles. The highest BCUT2D eigenvalue weighted by Crippen LogP contribution is 2.30. The van der Waals surface area contributed by atoms with E-state index in [9.17, 15) is 9.90 Å². The maximum absolute atomic E-state index is 12.1. The Hall–Kier alpha value is -2.37. The lowest BCUT2D eigenvalue weighted by molar-refractivity contribution is -0.183. The predicted molar refractivity (Wildman–Crippen MR) is 86.1 cm³/mol. The molecule has 1 amide bonds. The van der Waals surface area contributed by atoms with Crippen LogP contribution in [0.2, 0.25) is 0 Å². The van der Waals surface area contributed by atoms with Gasteiger partial charge in [-0.2, -0.15) is 0 Å². The molecule has 0 bridgehead atoms. The van der Waals surface area contributed by atoms with E-state index in [1.807, 2.05) is 30.3 Å². The minimum absolute atomic E-state index is 0.0194. The van der Waals surface area contributed by atoms with Crippen molar-refractivity contribution in [3.8, 4) is 5.75 Å². The van der Waals surface area contributed by atoms with Crippen LogP contribution in [0.1, 0.15) is 23.8 Å². The van der Waals surface area contributed by atoms with Crippen molar-refractivity contribution in [1.29, 1.82) is 0 Å². The van der Waals surface area contributed by atoms with Crippen LogP contribution >= 0.6 is 0 Å². The third-order valence-corrected chi connectivity index (χ3v) is 3.60. The standard InChI is InChI=1S/C18H19NO4/c20-16-8-7-14(18-22-9-4-10-23-18)12-15(16)19-17(21)11-13-5-2-1-3-6-13/h1-3,5-8,12,18,20H,4,9-11H2,(H,19,21). The van der Waals surface area contributed by atoms with Gasteiger partial charge in [-0.25, -0.2) is 0 Å². The molecule has 2 aromatic rings. The van der Waals surface area contributed by atoms with Crippen molar-refractivity contribution < 1.29 is 19.4 Å². The number of carbonyl (C=O) groups excluding carboxylic acids is 1. The number of phenolic OH excluding ortho intramolecular Hbond substituents is 1. The molecule has 2 N–H and O–H groups in total. The fourth-order valence-corrected chi connectivity index (χ4v) is 2.46. The minimum Gasteiger partial charge on any atom is -0.506 e. The summed E-state index contributed by atoms with van der Waals surface area (Å²) < 4.78 is 11.1. The van der Waals surface area contributed by atoms with Gasteiger partial charge in [0, 0.05) is 5.56 Å². The van der Waals surface area contributed by atoms with Gasteiger partial charge in [-0.05, 0) is 24.1 Å². The molecule has 0 aromatic heterocycles. The Bertz CT molecular complexity index is 666. The van der Waals surface area contributed by atoms with Gasteiger partial charge >= 0.3 is 0 Å². The molecule has 1 fully saturated rings. The van der Waals surface area contributed by atoms with E-state index in [2.05, 4.69) is 5.32 Å². The molecule has 23 heavy (non-hydrogen) atoms. The van der Waals surface area contributed by atoms with Crippen LogP contribution in [0.4, 0.5) is 5.69 Å². The molecule has 2 aromatic carbocycles. The number of ether oxygens (including phenoxy) is 2. The van der Waals surface area contributed by atoms with Gasteiger partial charge in [0.05, 0.1) is 25.3 Å². The summed E-state index contributed by atoms with van der Waals surface area (Å²) in [5.74, 6) is -0.167. The molecule has 1 aliphatic rings. The summed E-state index contributed by atoms with van der Waals surface area (Å²) in [5.41, 5.74) is 2.05. The molecule has 3 rings (SSSR count). The molecular weight excluding hydrogens is 294 g/mol. The van der Waals surface area contributed by atoms with Crippen molar-refractivity contribution in [1.82, 2.24) is 0 Å². The summed E-state index contributed by atoms with van der Waals surface area (Å²) in [6, 6.07) is 14.4. The molecule has 0 aliphatic carbocycles. The summed E-state index contributed by atoms with van der Waals surface area (Å²) in [5, 5.41) is 12.7. The molecule has 0 radical (unpaired) electrons. The first kappa shape index (κ1) is 15.5. The highest BCUT2D eigenvalue weighted by atomic mass is 16.7. The Morgan fingerprint density at radius 3 is 2.61 bits per heavy atom. The number of phenols is 1. The number of amides is 1. The Morgan fingerprint density at radius 2 is 1.87 bits per heavy atom. The van der Waals surface area contributed by atoms with Gasteiger partial charge in [0.2, 0.25) is 5.91 Å². The quantitative estimate of drug-likeness (QED) is 0.852. The van der Waals surface area contributed by atoms with Crippen molar-refractivity contribution in [2.45, 2.75) is 19.1 Å². The van der Waals surface area contributed by atoms with E-state index in [0.717, 1.165) is 17.5 Å². The van der Waals surface area contributed by atoms with E-state index < -0.39 is 6.29 Å². The molecule has 5 nitrogen and oxygen atoms in total. The lowest BCUT2D eigenvalue weighted by Gasteiger charge is -2.24. The van der Waals surface area contributed by atoms with Gasteiger partial charge in [0.15, 0.2) is 6.29 Å². The highest BCUT2D eigenvalue weighted by molar-refractivity contribution is 5.93. The normalized spacial score (nSPS) is 15.3. The molecule has 120 valence electrons. The van der Waals surface area contributed by atoms with E-state index in [-0.39, 0.29) is 18.1 Å². The van der Waals surface area contributed by atoms with Gasteiger partial charge in [-0.1, -0.05) is 36.4 Å². The zero-order chi connectivity index (χ0) is 16.1. The number of rotatable bonds is 4. The fraction of sp³-hybridized carbons (Fsp3) is 0.278. The molecule has 0 spiro atoms. The van der Waals surface area contributed by atoms with Gasteiger partial charge in [0.1, 0.15) is 5.75 Å². The van der Waals surface area contributed by atoms with Crippen LogP contribution in [-0.4, -0.2) is 24.2 Å². The van der Waals surface area contributed by atoms with Crippen LogP contribution in [0.5, 0.6) is 5.75 Å². The first-order valence-corrected chi connectivity index (χ1v) is 7.62. The summed E-state index contributed by atoms with van der Waals surface area (Å²) >= 11 is 0. The van der Waals surface area contributed by atoms with E-state index in [1.165, 1.54) is 6.07 Å². The second-order valence-corrected chi connectivity index (χ2v) is 5.41. The summed E-state index contributed by atoms with van der Waals surface area (Å²) in [4.78, 5) is 12.1. The van der Waals surface area contributed by atoms with Crippen molar-refractivity contribution in [3.63, 3.8) is 0 Å². The second kappa shape index (κ2) is 7.26. The summed E-state index contributed by atoms with van der Waals surface area (Å²) in [7, 11) is 0. The first-order valence-electron chi connectivity index (χ1n) is 7.62. The number of hydrogen-bond donors (Lipinski definition) is 2. The number of nitrogens with one attached hydrogen (secondary N) is 1. The monoisotopic (exact) mass is 313 g/mol. The lowest BCUT2D eigenvalue weighted by Crippen LogP contribution is -2.18. The smallest absolute Gasteiger partial charge is 0.228 e. The topological polar surface area (TPSA) is 67.8 Å². The predicted octanol–water partition coefficient (Wildman–Crippen LogP) is 3.01. The summed E-state index contributed by atoms with van der Waals surface area (Å²) in [6.07, 6.45) is 0.671. The summed E-state index contributed by atoms with van der Waals surface area (Å²) in [6.45, 7) is 1.28. The van der Waals surface area contributed by atoms with Crippen LogP contribution in [-0.2, 0) is 20.7 Å². The number of hydrogen-bond acceptors (Lipinski definition) is 4. The molecular formula is C18H19NO4. The average Bonchev–Trinajstić information content (AvgIpc) is 2.58. The minimum atomic E-state index is -0.450. The zero-order valence-electron chi connectivity index (χ0n) is 12.7. The number of aromatic hydroxyl groups is 1. The van der Waals surface area contributed by atoms with Gasteiger partial charge in [-0.15, -0.1) is 0 Å². The molecule has 0 atom stereocenters. The number of carbonyl (C=O) groups is 1. The molecule has 1 saturated heterocycles. The molecule has 1 heterocycles. The molecule has 5 heteroatoms. The third-order valence-electron chi connectivity index (χ3n) is 3.60. The highest BCUT2D eigenvalue weighted by Gasteiger charge is 2.18. The van der Waals surface area contributed by atoms with Crippen molar-refractivity contribution in [3.05, 3.63) is 59.7 Å². The van der Waals surface area contributed by atoms with Crippen LogP contribution in [0.15, 0.2) is 48.5 Å². The molecule has 0 unspecified atom stereocenters. The van der Waals surface area contributed by atoms with Crippen LogP contribution in [0.3, 0.4) is 0 Å². The van der Waals surface area contributed by atoms with Crippen molar-refractivity contribution >= 4 is 11.6 Å². The second-order valence-electron chi connectivity index (χ2n) is 5.41.